The number of hydrogen-bond acceptors (Lipinski definition) is 4. The number of rotatable bonds is 10. The minimum absolute atomic E-state index is 0.120. The lowest BCUT2D eigenvalue weighted by molar-refractivity contribution is 0.238. The van der Waals surface area contributed by atoms with Crippen molar-refractivity contribution in [3.05, 3.63) is 59.7 Å². The van der Waals surface area contributed by atoms with Crippen LogP contribution in [0.25, 0.3) is 0 Å². The van der Waals surface area contributed by atoms with Crippen molar-refractivity contribution in [2.75, 3.05) is 13.2 Å². The largest absolute Gasteiger partial charge is 0.490 e. The number of aliphatic hydroxyl groups is 1. The molecule has 2 N–H and O–H groups in total. The van der Waals surface area contributed by atoms with Gasteiger partial charge < -0.3 is 19.9 Å². The van der Waals surface area contributed by atoms with E-state index in [1.54, 1.807) is 0 Å². The molecule has 0 radical (unpaired) electrons. The number of benzene rings is 2. The van der Waals surface area contributed by atoms with E-state index in [9.17, 15) is 5.11 Å². The molecular formula is C20H27NO3. The van der Waals surface area contributed by atoms with E-state index in [-0.39, 0.29) is 12.6 Å². The fraction of sp³-hybridized carbons (Fsp3) is 0.400. The lowest BCUT2D eigenvalue weighted by Crippen LogP contribution is -2.31. The van der Waals surface area contributed by atoms with Crippen LogP contribution in [-0.4, -0.2) is 24.4 Å². The summed E-state index contributed by atoms with van der Waals surface area (Å²) in [6.45, 7) is 5.96. The molecular weight excluding hydrogens is 302 g/mol. The predicted molar refractivity (Wildman–Crippen MR) is 96.4 cm³/mol. The van der Waals surface area contributed by atoms with Crippen molar-refractivity contribution in [3.63, 3.8) is 0 Å². The summed E-state index contributed by atoms with van der Waals surface area (Å²) in [5, 5.41) is 12.6. The Balaban J connectivity index is 2.02. The van der Waals surface area contributed by atoms with Crippen LogP contribution in [0, 0.1) is 0 Å². The molecule has 1 atom stereocenters. The van der Waals surface area contributed by atoms with Crippen LogP contribution in [0.4, 0.5) is 0 Å². The molecule has 24 heavy (non-hydrogen) atoms. The monoisotopic (exact) mass is 329 g/mol. The summed E-state index contributed by atoms with van der Waals surface area (Å²) in [5.74, 6) is 1.50. The summed E-state index contributed by atoms with van der Waals surface area (Å²) in [6.07, 6.45) is 0.896. The molecule has 0 aromatic heterocycles. The fourth-order valence-electron chi connectivity index (χ4n) is 2.39. The van der Waals surface area contributed by atoms with Crippen LogP contribution in [0.15, 0.2) is 48.5 Å². The smallest absolute Gasteiger partial charge is 0.161 e. The molecule has 130 valence electrons. The van der Waals surface area contributed by atoms with Crippen LogP contribution >= 0.6 is 0 Å². The highest BCUT2D eigenvalue weighted by Gasteiger charge is 2.09. The zero-order valence-electron chi connectivity index (χ0n) is 14.5. The van der Waals surface area contributed by atoms with Crippen molar-refractivity contribution in [3.8, 4) is 11.5 Å². The van der Waals surface area contributed by atoms with Gasteiger partial charge in [-0.2, -0.15) is 0 Å². The molecule has 0 bridgehead atoms. The van der Waals surface area contributed by atoms with Crippen LogP contribution in [-0.2, 0) is 13.2 Å². The third-order valence-electron chi connectivity index (χ3n) is 3.85. The van der Waals surface area contributed by atoms with Crippen molar-refractivity contribution in [1.82, 2.24) is 5.32 Å². The first kappa shape index (κ1) is 18.3. The molecule has 0 aliphatic heterocycles. The second kappa shape index (κ2) is 9.96. The number of hydrogen-bond donors (Lipinski definition) is 2. The summed E-state index contributed by atoms with van der Waals surface area (Å²) in [5.41, 5.74) is 2.23. The zero-order chi connectivity index (χ0) is 17.2. The minimum atomic E-state index is 0.120. The van der Waals surface area contributed by atoms with E-state index in [0.717, 1.165) is 29.0 Å². The predicted octanol–water partition coefficient (Wildman–Crippen LogP) is 3.52. The van der Waals surface area contributed by atoms with Crippen LogP contribution in [0.2, 0.25) is 0 Å². The molecule has 0 saturated heterocycles. The van der Waals surface area contributed by atoms with Crippen LogP contribution in [0.5, 0.6) is 11.5 Å². The fourth-order valence-corrected chi connectivity index (χ4v) is 2.39. The normalized spacial score (nSPS) is 12.0. The highest BCUT2D eigenvalue weighted by atomic mass is 16.5. The lowest BCUT2D eigenvalue weighted by Gasteiger charge is -2.16. The first-order chi connectivity index (χ1) is 11.8. The maximum absolute atomic E-state index is 9.26. The highest BCUT2D eigenvalue weighted by Crippen LogP contribution is 2.29. The second-order valence-corrected chi connectivity index (χ2v) is 5.66. The van der Waals surface area contributed by atoms with Crippen molar-refractivity contribution >= 4 is 0 Å². The van der Waals surface area contributed by atoms with E-state index in [4.69, 9.17) is 9.47 Å². The van der Waals surface area contributed by atoms with Crippen LogP contribution in [0.3, 0.4) is 0 Å². The molecule has 0 saturated carbocycles. The topological polar surface area (TPSA) is 50.7 Å². The average molecular weight is 329 g/mol. The Morgan fingerprint density at radius 3 is 2.42 bits per heavy atom. The summed E-state index contributed by atoms with van der Waals surface area (Å²) < 4.78 is 11.6. The van der Waals surface area contributed by atoms with Gasteiger partial charge >= 0.3 is 0 Å². The minimum Gasteiger partial charge on any atom is -0.490 e. The van der Waals surface area contributed by atoms with Gasteiger partial charge in [-0.15, -0.1) is 0 Å². The summed E-state index contributed by atoms with van der Waals surface area (Å²) in [7, 11) is 0. The Hall–Kier alpha value is -2.04. The van der Waals surface area contributed by atoms with E-state index in [2.05, 4.69) is 12.2 Å². The molecule has 0 aliphatic rings. The van der Waals surface area contributed by atoms with E-state index < -0.39 is 0 Å². The van der Waals surface area contributed by atoms with Gasteiger partial charge in [-0.1, -0.05) is 43.3 Å². The van der Waals surface area contributed by atoms with Crippen molar-refractivity contribution in [2.24, 2.45) is 0 Å². The molecule has 0 aliphatic carbocycles. The highest BCUT2D eigenvalue weighted by molar-refractivity contribution is 5.43. The molecule has 4 nitrogen and oxygen atoms in total. The third kappa shape index (κ3) is 5.55. The molecule has 1 unspecified atom stereocenters. The van der Waals surface area contributed by atoms with Gasteiger partial charge in [0.2, 0.25) is 0 Å². The maximum atomic E-state index is 9.26. The molecule has 0 heterocycles. The van der Waals surface area contributed by atoms with Gasteiger partial charge in [0.05, 0.1) is 13.2 Å². The molecule has 2 aromatic rings. The molecule has 4 heteroatoms. The van der Waals surface area contributed by atoms with E-state index in [1.165, 1.54) is 0 Å². The van der Waals surface area contributed by atoms with Crippen molar-refractivity contribution in [1.29, 1.82) is 0 Å². The Bertz CT molecular complexity index is 597. The maximum Gasteiger partial charge on any atom is 0.161 e. The first-order valence-corrected chi connectivity index (χ1v) is 8.53. The molecule has 0 amide bonds. The molecule has 2 aromatic carbocycles. The van der Waals surface area contributed by atoms with E-state index in [0.29, 0.717) is 19.8 Å². The standard InChI is InChI=1S/C20H27NO3/c1-3-18(14-22)21-13-17-10-11-19(20(12-17)23-4-2)24-15-16-8-6-5-7-9-16/h5-12,18,21-22H,3-4,13-15H2,1-2H3. The lowest BCUT2D eigenvalue weighted by atomic mass is 10.1. The van der Waals surface area contributed by atoms with Gasteiger partial charge in [-0.25, -0.2) is 0 Å². The third-order valence-corrected chi connectivity index (χ3v) is 3.85. The Labute approximate surface area is 144 Å². The Kier molecular flexibility index (Phi) is 7.59. The second-order valence-electron chi connectivity index (χ2n) is 5.66. The van der Waals surface area contributed by atoms with Gasteiger partial charge in [-0.05, 0) is 36.6 Å². The van der Waals surface area contributed by atoms with Crippen molar-refractivity contribution in [2.45, 2.75) is 39.5 Å². The van der Waals surface area contributed by atoms with E-state index in [1.807, 2.05) is 55.5 Å². The molecule has 0 fully saturated rings. The summed E-state index contributed by atoms with van der Waals surface area (Å²) >= 11 is 0. The first-order valence-electron chi connectivity index (χ1n) is 8.53. The molecule has 2 rings (SSSR count). The quantitative estimate of drug-likeness (QED) is 0.700. The Morgan fingerprint density at radius 2 is 1.75 bits per heavy atom. The van der Waals surface area contributed by atoms with E-state index >= 15 is 0 Å². The Morgan fingerprint density at radius 1 is 0.958 bits per heavy atom. The van der Waals surface area contributed by atoms with Gasteiger partial charge in [0.15, 0.2) is 11.5 Å². The van der Waals surface area contributed by atoms with Crippen molar-refractivity contribution < 1.29 is 14.6 Å². The number of ether oxygens (including phenoxy) is 2. The van der Waals surface area contributed by atoms with Crippen LogP contribution < -0.4 is 14.8 Å². The van der Waals surface area contributed by atoms with Gasteiger partial charge in [0.1, 0.15) is 6.61 Å². The van der Waals surface area contributed by atoms with Crippen LogP contribution in [0.1, 0.15) is 31.4 Å². The number of nitrogens with one attached hydrogen (secondary N) is 1. The SMILES string of the molecule is CCOc1cc(CNC(CC)CO)ccc1OCc1ccccc1. The average Bonchev–Trinajstić information content (AvgIpc) is 2.63. The number of aliphatic hydroxyl groups excluding tert-OH is 1. The summed E-state index contributed by atoms with van der Waals surface area (Å²) in [6, 6.07) is 16.2. The zero-order valence-corrected chi connectivity index (χ0v) is 14.5. The van der Waals surface area contributed by atoms with Gasteiger partial charge in [0.25, 0.3) is 0 Å². The van der Waals surface area contributed by atoms with Gasteiger partial charge in [0, 0.05) is 12.6 Å². The molecule has 0 spiro atoms. The van der Waals surface area contributed by atoms with Gasteiger partial charge in [-0.3, -0.25) is 0 Å². The summed E-state index contributed by atoms with van der Waals surface area (Å²) in [4.78, 5) is 0.